The van der Waals surface area contributed by atoms with Crippen molar-refractivity contribution >= 4 is 28.6 Å². The van der Waals surface area contributed by atoms with E-state index in [0.29, 0.717) is 18.9 Å². The first-order valence-electron chi connectivity index (χ1n) is 6.74. The molecule has 0 unspecified atom stereocenters. The van der Waals surface area contributed by atoms with Gasteiger partial charge in [-0.25, -0.2) is 4.98 Å². The van der Waals surface area contributed by atoms with Gasteiger partial charge >= 0.3 is 5.97 Å². The number of carbonyl (C=O) groups is 1. The number of esters is 1. The summed E-state index contributed by atoms with van der Waals surface area (Å²) < 4.78 is 12.1. The van der Waals surface area contributed by atoms with Crippen LogP contribution in [0.2, 0.25) is 0 Å². The lowest BCUT2D eigenvalue weighted by atomic mass is 10.0. The Morgan fingerprint density at radius 1 is 1.40 bits per heavy atom. The molecule has 1 heterocycles. The molecule has 1 fully saturated rings. The average Bonchev–Trinajstić information content (AvgIpc) is 3.06. The molecular weight excluding hydrogens is 369 g/mol. The predicted molar refractivity (Wildman–Crippen MR) is 84.6 cm³/mol. The lowest BCUT2D eigenvalue weighted by Crippen LogP contribution is -2.27. The molecule has 2 rings (SSSR count). The van der Waals surface area contributed by atoms with E-state index in [-0.39, 0.29) is 11.4 Å². The molecule has 0 aromatic carbocycles. The van der Waals surface area contributed by atoms with E-state index >= 15 is 0 Å². The summed E-state index contributed by atoms with van der Waals surface area (Å²) in [5, 5.41) is 0. The highest BCUT2D eigenvalue weighted by Crippen LogP contribution is 2.49. The van der Waals surface area contributed by atoms with Gasteiger partial charge in [-0.1, -0.05) is 0 Å². The molecule has 20 heavy (non-hydrogen) atoms. The molecule has 0 bridgehead atoms. The Balaban J connectivity index is 1.83. The van der Waals surface area contributed by atoms with Crippen molar-refractivity contribution in [2.24, 2.45) is 5.41 Å². The number of rotatable bonds is 5. The van der Waals surface area contributed by atoms with Crippen LogP contribution in [0.1, 0.15) is 40.0 Å². The maximum absolute atomic E-state index is 11.9. The summed E-state index contributed by atoms with van der Waals surface area (Å²) >= 11 is 2.20. The van der Waals surface area contributed by atoms with Crippen LogP contribution in [-0.4, -0.2) is 23.2 Å². The second-order valence-corrected chi connectivity index (χ2v) is 7.61. The smallest absolute Gasteiger partial charge is 0.307 e. The standard InChI is InChI=1S/C15H20INO3/c1-14(2,3)20-13(18)8-15(6-7-15)10-19-12-5-4-11(16)9-17-12/h4-5,9H,6-8,10H2,1-3H3. The van der Waals surface area contributed by atoms with Crippen molar-refractivity contribution < 1.29 is 14.3 Å². The number of pyridine rings is 1. The van der Waals surface area contributed by atoms with Crippen molar-refractivity contribution in [3.05, 3.63) is 21.9 Å². The molecule has 1 aliphatic rings. The van der Waals surface area contributed by atoms with Gasteiger partial charge in [0.2, 0.25) is 5.88 Å². The van der Waals surface area contributed by atoms with E-state index < -0.39 is 5.60 Å². The minimum atomic E-state index is -0.425. The zero-order valence-corrected chi connectivity index (χ0v) is 14.3. The summed E-state index contributed by atoms with van der Waals surface area (Å²) in [6, 6.07) is 3.81. The van der Waals surface area contributed by atoms with E-state index in [2.05, 4.69) is 27.6 Å². The molecule has 0 N–H and O–H groups in total. The first-order chi connectivity index (χ1) is 9.28. The zero-order valence-electron chi connectivity index (χ0n) is 12.1. The van der Waals surface area contributed by atoms with Gasteiger partial charge in [0.25, 0.3) is 0 Å². The number of hydrogen-bond donors (Lipinski definition) is 0. The lowest BCUT2D eigenvalue weighted by molar-refractivity contribution is -0.156. The van der Waals surface area contributed by atoms with Crippen molar-refractivity contribution in [1.82, 2.24) is 4.98 Å². The minimum absolute atomic E-state index is 0.0486. The first kappa shape index (κ1) is 15.5. The van der Waals surface area contributed by atoms with Gasteiger partial charge in [0.05, 0.1) is 13.0 Å². The minimum Gasteiger partial charge on any atom is -0.477 e. The molecule has 0 aliphatic heterocycles. The molecule has 4 nitrogen and oxygen atoms in total. The van der Waals surface area contributed by atoms with Crippen LogP contribution in [0.3, 0.4) is 0 Å². The second-order valence-electron chi connectivity index (χ2n) is 6.37. The fourth-order valence-corrected chi connectivity index (χ4v) is 2.23. The Hall–Kier alpha value is -0.850. The van der Waals surface area contributed by atoms with Crippen LogP contribution >= 0.6 is 22.6 Å². The Kier molecular flexibility index (Phi) is 4.56. The van der Waals surface area contributed by atoms with Gasteiger partial charge in [-0.15, -0.1) is 0 Å². The maximum Gasteiger partial charge on any atom is 0.307 e. The van der Waals surface area contributed by atoms with Gasteiger partial charge < -0.3 is 9.47 Å². The predicted octanol–water partition coefficient (Wildman–Crippen LogP) is 3.58. The number of carbonyl (C=O) groups excluding carboxylic acids is 1. The molecule has 0 radical (unpaired) electrons. The normalized spacial score (nSPS) is 16.6. The Morgan fingerprint density at radius 3 is 2.60 bits per heavy atom. The van der Waals surface area contributed by atoms with Gasteiger partial charge in [-0.2, -0.15) is 0 Å². The summed E-state index contributed by atoms with van der Waals surface area (Å²) in [4.78, 5) is 16.1. The van der Waals surface area contributed by atoms with E-state index in [9.17, 15) is 4.79 Å². The highest BCUT2D eigenvalue weighted by Gasteiger charge is 2.46. The van der Waals surface area contributed by atoms with Gasteiger partial charge in [0, 0.05) is 21.2 Å². The molecule has 0 spiro atoms. The highest BCUT2D eigenvalue weighted by atomic mass is 127. The molecule has 1 aliphatic carbocycles. The van der Waals surface area contributed by atoms with Gasteiger partial charge in [-0.05, 0) is 62.3 Å². The molecule has 0 amide bonds. The molecule has 0 saturated heterocycles. The van der Waals surface area contributed by atoms with Crippen LogP contribution < -0.4 is 4.74 Å². The van der Waals surface area contributed by atoms with Crippen LogP contribution in [0.15, 0.2) is 18.3 Å². The maximum atomic E-state index is 11.9. The van der Waals surface area contributed by atoms with E-state index in [4.69, 9.17) is 9.47 Å². The van der Waals surface area contributed by atoms with Crippen LogP contribution in [0.25, 0.3) is 0 Å². The van der Waals surface area contributed by atoms with Crippen molar-refractivity contribution in [3.63, 3.8) is 0 Å². The van der Waals surface area contributed by atoms with E-state index in [1.807, 2.05) is 32.9 Å². The largest absolute Gasteiger partial charge is 0.477 e. The average molecular weight is 389 g/mol. The third-order valence-electron chi connectivity index (χ3n) is 3.12. The van der Waals surface area contributed by atoms with Crippen LogP contribution in [0, 0.1) is 8.99 Å². The van der Waals surface area contributed by atoms with E-state index in [0.717, 1.165) is 16.4 Å². The number of nitrogens with zero attached hydrogens (tertiary/aromatic N) is 1. The number of halogens is 1. The SMILES string of the molecule is CC(C)(C)OC(=O)CC1(COc2ccc(I)cn2)CC1. The van der Waals surface area contributed by atoms with Crippen molar-refractivity contribution in [2.45, 2.75) is 45.6 Å². The van der Waals surface area contributed by atoms with Crippen molar-refractivity contribution in [1.29, 1.82) is 0 Å². The highest BCUT2D eigenvalue weighted by molar-refractivity contribution is 14.1. The molecule has 0 atom stereocenters. The van der Waals surface area contributed by atoms with Crippen LogP contribution in [-0.2, 0) is 9.53 Å². The molecule has 5 heteroatoms. The fraction of sp³-hybridized carbons (Fsp3) is 0.600. The Morgan fingerprint density at radius 2 is 2.10 bits per heavy atom. The first-order valence-corrected chi connectivity index (χ1v) is 7.82. The third-order valence-corrected chi connectivity index (χ3v) is 3.76. The number of ether oxygens (including phenoxy) is 2. The van der Waals surface area contributed by atoms with Crippen molar-refractivity contribution in [2.75, 3.05) is 6.61 Å². The zero-order chi connectivity index (χ0) is 14.8. The molecule has 1 aromatic heterocycles. The third kappa shape index (κ3) is 4.92. The Bertz CT molecular complexity index is 475. The molecule has 1 saturated carbocycles. The number of hydrogen-bond acceptors (Lipinski definition) is 4. The van der Waals surface area contributed by atoms with Gasteiger partial charge in [0.1, 0.15) is 5.60 Å². The Labute approximate surface area is 133 Å². The summed E-state index contributed by atoms with van der Waals surface area (Å²) in [6.45, 7) is 6.18. The monoisotopic (exact) mass is 389 g/mol. The van der Waals surface area contributed by atoms with Crippen LogP contribution in [0.5, 0.6) is 5.88 Å². The fourth-order valence-electron chi connectivity index (χ4n) is 1.91. The summed E-state index contributed by atoms with van der Waals surface area (Å²) in [6.07, 6.45) is 4.21. The second kappa shape index (κ2) is 5.87. The van der Waals surface area contributed by atoms with Gasteiger partial charge in [-0.3, -0.25) is 4.79 Å². The van der Waals surface area contributed by atoms with Crippen molar-refractivity contribution in [3.8, 4) is 5.88 Å². The molecular formula is C15H20INO3. The van der Waals surface area contributed by atoms with Gasteiger partial charge in [0.15, 0.2) is 0 Å². The van der Waals surface area contributed by atoms with Crippen LogP contribution in [0.4, 0.5) is 0 Å². The topological polar surface area (TPSA) is 48.4 Å². The molecule has 1 aromatic rings. The summed E-state index contributed by atoms with van der Waals surface area (Å²) in [5.74, 6) is 0.468. The molecule has 110 valence electrons. The van der Waals surface area contributed by atoms with E-state index in [1.165, 1.54) is 0 Å². The summed E-state index contributed by atoms with van der Waals surface area (Å²) in [5.41, 5.74) is -0.474. The number of aromatic nitrogens is 1. The summed E-state index contributed by atoms with van der Waals surface area (Å²) in [7, 11) is 0. The van der Waals surface area contributed by atoms with E-state index in [1.54, 1.807) is 6.20 Å². The lowest BCUT2D eigenvalue weighted by Gasteiger charge is -2.22. The quantitative estimate of drug-likeness (QED) is 0.571.